The largest absolute Gasteiger partial charge is 0.747 e. The van der Waals surface area contributed by atoms with E-state index in [0.29, 0.717) is 0 Å². The van der Waals surface area contributed by atoms with Gasteiger partial charge in [0.1, 0.15) is 15.4 Å². The lowest BCUT2D eigenvalue weighted by Crippen LogP contribution is -2.36. The van der Waals surface area contributed by atoms with E-state index in [2.05, 4.69) is 4.84 Å². The van der Waals surface area contributed by atoms with Crippen molar-refractivity contribution in [3.8, 4) is 0 Å². The van der Waals surface area contributed by atoms with E-state index in [4.69, 9.17) is 0 Å². The first-order chi connectivity index (χ1) is 12.6. The van der Waals surface area contributed by atoms with Crippen molar-refractivity contribution in [2.45, 2.75) is 24.5 Å². The number of benzene rings is 1. The zero-order valence-corrected chi connectivity index (χ0v) is 14.3. The van der Waals surface area contributed by atoms with Crippen molar-refractivity contribution in [3.05, 3.63) is 29.8 Å². The Labute approximate surface area is 152 Å². The number of imide groups is 2. The van der Waals surface area contributed by atoms with Gasteiger partial charge in [-0.05, 0) is 18.2 Å². The maximum Gasteiger partial charge on any atom is 0.363 e. The number of carbonyl (C=O) groups excluding carboxylic acids is 5. The van der Waals surface area contributed by atoms with E-state index >= 15 is 0 Å². The lowest BCUT2D eigenvalue weighted by Gasteiger charge is -2.17. The number of nitrogens with zero attached hydrogens (tertiary/aromatic N) is 2. The van der Waals surface area contributed by atoms with Crippen LogP contribution in [0.5, 0.6) is 0 Å². The maximum atomic E-state index is 12.2. The summed E-state index contributed by atoms with van der Waals surface area (Å²) in [5.74, 6) is -4.71. The summed E-state index contributed by atoms with van der Waals surface area (Å²) in [7, 11) is -5.08. The topological polar surface area (TPSA) is 158 Å². The third-order valence-corrected chi connectivity index (χ3v) is 5.04. The molecule has 4 amide bonds. The van der Waals surface area contributed by atoms with Crippen LogP contribution in [0, 0.1) is 0 Å². The monoisotopic (exact) mass is 395 g/mol. The van der Waals surface area contributed by atoms with Crippen LogP contribution in [-0.2, 0) is 34.1 Å². The molecule has 0 spiro atoms. The number of amides is 4. The highest BCUT2D eigenvalue weighted by Crippen LogP contribution is 2.25. The van der Waals surface area contributed by atoms with Gasteiger partial charge in [-0.25, -0.2) is 13.2 Å². The summed E-state index contributed by atoms with van der Waals surface area (Å²) in [5, 5.41) is -2.22. The molecule has 2 fully saturated rings. The van der Waals surface area contributed by atoms with Crippen LogP contribution in [0.25, 0.3) is 0 Å². The number of hydrogen-bond acceptors (Lipinski definition) is 9. The van der Waals surface area contributed by atoms with Crippen LogP contribution < -0.4 is 4.90 Å². The van der Waals surface area contributed by atoms with Crippen LogP contribution in [0.3, 0.4) is 0 Å². The fraction of sp³-hybridized carbons (Fsp3) is 0.267. The third kappa shape index (κ3) is 3.44. The van der Waals surface area contributed by atoms with E-state index in [9.17, 15) is 36.9 Å². The fourth-order valence-electron chi connectivity index (χ4n) is 2.68. The van der Waals surface area contributed by atoms with E-state index in [1.165, 1.54) is 18.2 Å². The molecule has 3 rings (SSSR count). The van der Waals surface area contributed by atoms with Gasteiger partial charge >= 0.3 is 5.97 Å². The molecule has 0 saturated carbocycles. The molecule has 1 unspecified atom stereocenters. The van der Waals surface area contributed by atoms with Crippen LogP contribution in [0.15, 0.2) is 24.3 Å². The van der Waals surface area contributed by atoms with Crippen LogP contribution in [0.1, 0.15) is 29.6 Å². The molecule has 2 saturated heterocycles. The molecule has 0 radical (unpaired) electrons. The van der Waals surface area contributed by atoms with Crippen molar-refractivity contribution in [2.75, 3.05) is 4.90 Å². The van der Waals surface area contributed by atoms with Crippen molar-refractivity contribution in [1.29, 1.82) is 0 Å². The number of hydrogen-bond donors (Lipinski definition) is 0. The van der Waals surface area contributed by atoms with Gasteiger partial charge in [-0.15, -0.1) is 5.06 Å². The molecule has 11 nitrogen and oxygen atoms in total. The van der Waals surface area contributed by atoms with E-state index < -0.39 is 51.4 Å². The molecule has 12 heteroatoms. The average Bonchev–Trinajstić information content (AvgIpc) is 3.08. The van der Waals surface area contributed by atoms with Gasteiger partial charge in [-0.1, -0.05) is 6.07 Å². The van der Waals surface area contributed by atoms with Gasteiger partial charge in [0.05, 0.1) is 17.7 Å². The standard InChI is InChI=1S/C15H12N2O9S/c18-11-4-5-12(19)16(11)9-3-1-2-8(6-9)15(22)26-17-13(20)7-10(14(17)21)27(23,24)25/h1-3,6,10H,4-5,7H2,(H,23,24,25)/p-1. The lowest BCUT2D eigenvalue weighted by atomic mass is 10.2. The molecular formula is C15H11N2O9S-. The normalized spacial score (nSPS) is 20.6. The molecule has 0 aliphatic carbocycles. The molecule has 0 aromatic heterocycles. The van der Waals surface area contributed by atoms with Crippen molar-refractivity contribution in [1.82, 2.24) is 5.06 Å². The minimum atomic E-state index is -5.08. The van der Waals surface area contributed by atoms with Crippen molar-refractivity contribution >= 4 is 45.4 Å². The number of rotatable bonds is 4. The summed E-state index contributed by atoms with van der Waals surface area (Å²) in [6.07, 6.45) is -0.848. The van der Waals surface area contributed by atoms with E-state index in [-0.39, 0.29) is 29.2 Å². The van der Waals surface area contributed by atoms with Crippen LogP contribution >= 0.6 is 0 Å². The Kier molecular flexibility index (Phi) is 4.53. The van der Waals surface area contributed by atoms with Gasteiger partial charge in [0.15, 0.2) is 0 Å². The third-order valence-electron chi connectivity index (χ3n) is 3.98. The molecule has 2 heterocycles. The van der Waals surface area contributed by atoms with E-state index in [1.807, 2.05) is 0 Å². The second-order valence-electron chi connectivity index (χ2n) is 5.76. The summed E-state index contributed by atoms with van der Waals surface area (Å²) in [4.78, 5) is 64.8. The highest BCUT2D eigenvalue weighted by Gasteiger charge is 2.45. The first-order valence-corrected chi connectivity index (χ1v) is 9.06. The summed E-state index contributed by atoms with van der Waals surface area (Å²) in [6.45, 7) is 0. The predicted molar refractivity (Wildman–Crippen MR) is 83.5 cm³/mol. The van der Waals surface area contributed by atoms with Gasteiger partial charge in [0, 0.05) is 12.8 Å². The summed E-state index contributed by atoms with van der Waals surface area (Å²) in [5.41, 5.74) is -0.0925. The molecule has 1 aromatic carbocycles. The Morgan fingerprint density at radius 1 is 1.07 bits per heavy atom. The molecule has 0 N–H and O–H groups in total. The second kappa shape index (κ2) is 6.55. The summed E-state index contributed by atoms with van der Waals surface area (Å²) in [6, 6.07) is 5.15. The predicted octanol–water partition coefficient (Wildman–Crippen LogP) is -0.915. The van der Waals surface area contributed by atoms with Crippen LogP contribution in [0.4, 0.5) is 5.69 Å². The smallest absolute Gasteiger partial charge is 0.363 e. The summed E-state index contributed by atoms with van der Waals surface area (Å²) < 4.78 is 32.9. The average molecular weight is 395 g/mol. The van der Waals surface area contributed by atoms with Gasteiger partial charge < -0.3 is 9.39 Å². The number of hydroxylamine groups is 2. The number of carbonyl (C=O) groups is 5. The Balaban J connectivity index is 1.80. The van der Waals surface area contributed by atoms with Crippen LogP contribution in [-0.4, -0.2) is 52.9 Å². The molecule has 2 aliphatic heterocycles. The van der Waals surface area contributed by atoms with Gasteiger partial charge in [-0.2, -0.15) is 0 Å². The Bertz CT molecular complexity index is 969. The quantitative estimate of drug-likeness (QED) is 0.464. The zero-order valence-electron chi connectivity index (χ0n) is 13.5. The highest BCUT2D eigenvalue weighted by atomic mass is 32.2. The Morgan fingerprint density at radius 2 is 1.70 bits per heavy atom. The van der Waals surface area contributed by atoms with Gasteiger partial charge in [0.2, 0.25) is 11.8 Å². The summed E-state index contributed by atoms with van der Waals surface area (Å²) >= 11 is 0. The molecular weight excluding hydrogens is 384 g/mol. The van der Waals surface area contributed by atoms with Crippen molar-refractivity contribution < 1.29 is 41.8 Å². The number of anilines is 1. The molecule has 142 valence electrons. The van der Waals surface area contributed by atoms with Gasteiger partial charge in [0.25, 0.3) is 11.8 Å². The van der Waals surface area contributed by atoms with Crippen molar-refractivity contribution in [3.63, 3.8) is 0 Å². The molecule has 2 aliphatic rings. The molecule has 1 aromatic rings. The highest BCUT2D eigenvalue weighted by molar-refractivity contribution is 7.87. The van der Waals surface area contributed by atoms with E-state index in [0.717, 1.165) is 11.0 Å². The SMILES string of the molecule is O=C(ON1C(=O)CC(S(=O)(=O)[O-])C1=O)c1cccc(N2C(=O)CCC2=O)c1. The fourth-order valence-corrected chi connectivity index (χ4v) is 3.37. The van der Waals surface area contributed by atoms with Crippen molar-refractivity contribution in [2.24, 2.45) is 0 Å². The first-order valence-electron chi connectivity index (χ1n) is 7.59. The first kappa shape index (κ1) is 18.7. The van der Waals surface area contributed by atoms with E-state index in [1.54, 1.807) is 0 Å². The van der Waals surface area contributed by atoms with Gasteiger partial charge in [-0.3, -0.25) is 24.1 Å². The Hall–Kier alpha value is -3.12. The second-order valence-corrected chi connectivity index (χ2v) is 7.32. The van der Waals surface area contributed by atoms with Crippen LogP contribution in [0.2, 0.25) is 0 Å². The molecule has 1 atom stereocenters. The minimum absolute atomic E-state index is 0.0370. The molecule has 27 heavy (non-hydrogen) atoms. The molecule has 0 bridgehead atoms. The zero-order chi connectivity index (χ0) is 19.9. The Morgan fingerprint density at radius 3 is 2.26 bits per heavy atom. The lowest BCUT2D eigenvalue weighted by molar-refractivity contribution is -0.172. The maximum absolute atomic E-state index is 12.2. The minimum Gasteiger partial charge on any atom is -0.747 e.